The highest BCUT2D eigenvalue weighted by Gasteiger charge is 2.50. The predicted octanol–water partition coefficient (Wildman–Crippen LogP) is 7.82. The molecule has 13 nitrogen and oxygen atoms in total. The Morgan fingerprint density at radius 2 is 1.76 bits per heavy atom. The van der Waals surface area contributed by atoms with E-state index >= 15 is 0 Å². The van der Waals surface area contributed by atoms with E-state index in [0.29, 0.717) is 36.0 Å². The zero-order valence-electron chi connectivity index (χ0n) is 30.8. The van der Waals surface area contributed by atoms with Crippen LogP contribution in [0.5, 0.6) is 0 Å². The summed E-state index contributed by atoms with van der Waals surface area (Å²) in [6.45, 7) is 21.6. The Hall–Kier alpha value is -4.17. The second kappa shape index (κ2) is 13.9. The number of fused-ring (bicyclic) bond motifs is 1. The summed E-state index contributed by atoms with van der Waals surface area (Å²) in [6.07, 6.45) is 4.92. The van der Waals surface area contributed by atoms with Crippen molar-refractivity contribution < 1.29 is 33.1 Å². The number of rotatable bonds is 9. The first-order valence-electron chi connectivity index (χ1n) is 17.3. The molecule has 0 aromatic carbocycles. The first kappa shape index (κ1) is 37.1. The van der Waals surface area contributed by atoms with Crippen molar-refractivity contribution in [3.63, 3.8) is 0 Å². The fourth-order valence-corrected chi connectivity index (χ4v) is 7.51. The van der Waals surface area contributed by atoms with Crippen LogP contribution in [0.1, 0.15) is 90.1 Å². The molecule has 0 bridgehead atoms. The molecule has 272 valence electrons. The van der Waals surface area contributed by atoms with E-state index in [0.717, 1.165) is 18.4 Å². The summed E-state index contributed by atoms with van der Waals surface area (Å²) in [5.74, 6) is -0.141. The fourth-order valence-electron chi connectivity index (χ4n) is 6.13. The average molecular weight is 709 g/mol. The summed E-state index contributed by atoms with van der Waals surface area (Å²) in [6, 6.07) is 3.19. The van der Waals surface area contributed by atoms with Gasteiger partial charge in [0.1, 0.15) is 16.7 Å². The smallest absolute Gasteiger partial charge is 0.411 e. The van der Waals surface area contributed by atoms with Crippen LogP contribution in [0, 0.1) is 11.8 Å². The average Bonchev–Trinajstić information content (AvgIpc) is 3.76. The first-order valence-corrected chi connectivity index (χ1v) is 20.2. The molecule has 3 amide bonds. The van der Waals surface area contributed by atoms with Crippen LogP contribution in [0.3, 0.4) is 0 Å². The van der Waals surface area contributed by atoms with Crippen molar-refractivity contribution in [1.82, 2.24) is 15.3 Å². The number of carbonyl (C=O) groups excluding carboxylic acids is 2. The number of ether oxygens (including phenoxy) is 1. The minimum atomic E-state index is -2.25. The number of hydrogen-bond donors (Lipinski definition) is 4. The molecule has 4 heterocycles. The van der Waals surface area contributed by atoms with Gasteiger partial charge < -0.3 is 34.2 Å². The van der Waals surface area contributed by atoms with Gasteiger partial charge in [-0.15, -0.1) is 0 Å². The number of aromatic nitrogens is 2. The SMILES string of the molecule is CC(C)c1cnc2c(C(=O)Nc3cnccc3N3C[C@H](C4CC4)[C@@H](O[Si](C)(C)C(C)(C)C)[C@H](NC(=O)OC(C)(C)C)C3)c(NC(=O)O)oc2c1. The van der Waals surface area contributed by atoms with E-state index in [2.05, 4.69) is 64.7 Å². The highest BCUT2D eigenvalue weighted by atomic mass is 28.4. The first-order chi connectivity index (χ1) is 23.2. The summed E-state index contributed by atoms with van der Waals surface area (Å²) >= 11 is 0. The van der Waals surface area contributed by atoms with Crippen molar-refractivity contribution in [3.05, 3.63) is 41.9 Å². The van der Waals surface area contributed by atoms with E-state index in [1.807, 2.05) is 40.7 Å². The Morgan fingerprint density at radius 1 is 1.06 bits per heavy atom. The maximum atomic E-state index is 14.0. The van der Waals surface area contributed by atoms with Gasteiger partial charge in [-0.25, -0.2) is 9.59 Å². The summed E-state index contributed by atoms with van der Waals surface area (Å²) in [7, 11) is -2.25. The van der Waals surface area contributed by atoms with Crippen molar-refractivity contribution in [2.24, 2.45) is 11.8 Å². The van der Waals surface area contributed by atoms with Gasteiger partial charge in [-0.05, 0) is 81.3 Å². The predicted molar refractivity (Wildman–Crippen MR) is 196 cm³/mol. The van der Waals surface area contributed by atoms with E-state index in [-0.39, 0.29) is 39.9 Å². The molecule has 2 aliphatic rings. The molecule has 0 spiro atoms. The molecule has 4 N–H and O–H groups in total. The molecule has 0 unspecified atom stereocenters. The molecule has 1 saturated heterocycles. The third-order valence-electron chi connectivity index (χ3n) is 9.88. The number of carbonyl (C=O) groups is 3. The highest BCUT2D eigenvalue weighted by Crippen LogP contribution is 2.47. The van der Waals surface area contributed by atoms with Crippen LogP contribution in [0.2, 0.25) is 18.1 Å². The molecule has 5 rings (SSSR count). The number of furan rings is 1. The Morgan fingerprint density at radius 3 is 2.36 bits per heavy atom. The fraction of sp³-hybridized carbons (Fsp3) is 0.583. The van der Waals surface area contributed by atoms with Crippen LogP contribution in [-0.2, 0) is 9.16 Å². The van der Waals surface area contributed by atoms with Crippen molar-refractivity contribution in [2.75, 3.05) is 28.6 Å². The van der Waals surface area contributed by atoms with E-state index in [4.69, 9.17) is 13.6 Å². The number of hydrogen-bond acceptors (Lipinski definition) is 9. The molecule has 1 saturated carbocycles. The van der Waals surface area contributed by atoms with Crippen molar-refractivity contribution in [3.8, 4) is 0 Å². The molecule has 1 aliphatic carbocycles. The van der Waals surface area contributed by atoms with Crippen LogP contribution in [0.15, 0.2) is 35.1 Å². The second-order valence-corrected chi connectivity index (χ2v) is 21.1. The third-order valence-corrected chi connectivity index (χ3v) is 14.4. The molecular formula is C36H52N6O7Si. The number of carboxylic acid groups (broad SMARTS) is 1. The Kier molecular flexibility index (Phi) is 10.3. The molecule has 3 aromatic heterocycles. The Bertz CT molecular complexity index is 1740. The monoisotopic (exact) mass is 708 g/mol. The van der Waals surface area contributed by atoms with Crippen LogP contribution < -0.4 is 20.9 Å². The summed E-state index contributed by atoms with van der Waals surface area (Å²) < 4.78 is 18.6. The topological polar surface area (TPSA) is 168 Å². The number of nitrogens with one attached hydrogen (secondary N) is 3. The van der Waals surface area contributed by atoms with Gasteiger partial charge in [0.15, 0.2) is 13.9 Å². The van der Waals surface area contributed by atoms with Gasteiger partial charge >= 0.3 is 12.2 Å². The lowest BCUT2D eigenvalue weighted by Crippen LogP contribution is -2.63. The number of alkyl carbamates (subject to hydrolysis) is 1. The summed E-state index contributed by atoms with van der Waals surface area (Å²) in [5, 5.41) is 17.8. The third kappa shape index (κ3) is 8.40. The summed E-state index contributed by atoms with van der Waals surface area (Å²) in [4.78, 5) is 49.9. The van der Waals surface area contributed by atoms with Crippen molar-refractivity contribution in [1.29, 1.82) is 0 Å². The van der Waals surface area contributed by atoms with Crippen molar-refractivity contribution in [2.45, 2.75) is 110 Å². The maximum absolute atomic E-state index is 14.0. The van der Waals surface area contributed by atoms with Crippen LogP contribution in [0.4, 0.5) is 26.8 Å². The number of nitrogens with zero attached hydrogens (tertiary/aromatic N) is 3. The number of anilines is 3. The van der Waals surface area contributed by atoms with Gasteiger partial charge in [0.2, 0.25) is 5.88 Å². The lowest BCUT2D eigenvalue weighted by Gasteiger charge is -2.49. The summed E-state index contributed by atoms with van der Waals surface area (Å²) in [5.41, 5.74) is 1.83. The molecule has 50 heavy (non-hydrogen) atoms. The molecule has 3 aromatic rings. The zero-order chi connectivity index (χ0) is 36.8. The van der Waals surface area contributed by atoms with Crippen molar-refractivity contribution >= 4 is 54.8 Å². The maximum Gasteiger partial charge on any atom is 0.411 e. The molecule has 3 atom stereocenters. The largest absolute Gasteiger partial charge is 0.465 e. The van der Waals surface area contributed by atoms with E-state index in [1.54, 1.807) is 24.7 Å². The quantitative estimate of drug-likeness (QED) is 0.161. The minimum absolute atomic E-state index is 0.0330. The second-order valence-electron chi connectivity index (χ2n) is 16.4. The van der Waals surface area contributed by atoms with Gasteiger partial charge in [0.25, 0.3) is 5.91 Å². The molecular weight excluding hydrogens is 657 g/mol. The zero-order valence-corrected chi connectivity index (χ0v) is 31.8. The molecule has 2 fully saturated rings. The van der Waals surface area contributed by atoms with Gasteiger partial charge in [0.05, 0.1) is 29.7 Å². The number of amides is 3. The van der Waals surface area contributed by atoms with Gasteiger partial charge in [-0.1, -0.05) is 34.6 Å². The number of pyridine rings is 2. The molecule has 1 aliphatic heterocycles. The van der Waals surface area contributed by atoms with E-state index in [1.165, 1.54) is 0 Å². The Balaban J connectivity index is 1.49. The lowest BCUT2D eigenvalue weighted by atomic mass is 9.86. The van der Waals surface area contributed by atoms with E-state index in [9.17, 15) is 19.5 Å². The van der Waals surface area contributed by atoms with Crippen LogP contribution in [0.25, 0.3) is 11.1 Å². The number of piperidine rings is 1. The molecule has 14 heteroatoms. The van der Waals surface area contributed by atoms with Crippen LogP contribution in [-0.4, -0.2) is 72.3 Å². The molecule has 0 radical (unpaired) electrons. The van der Waals surface area contributed by atoms with Gasteiger partial charge in [-0.2, -0.15) is 0 Å². The minimum Gasteiger partial charge on any atom is -0.465 e. The normalized spacial score (nSPS) is 20.1. The standard InChI is InChI=1S/C36H52N6O7Si/c1-20(2)22-15-27-29(38-16-22)28(32(47-27)41-33(44)45)31(43)39-24-17-37-14-13-26(24)42-18-23(21-11-12-21)30(49-50(9,10)36(6,7)8)25(19-42)40-34(46)48-35(3,4)5/h13-17,20-21,23,25,30,41H,11-12,18-19H2,1-10H3,(H,39,43)(H,40,46)(H,44,45)/t23-,25-,30-/m1/s1. The van der Waals surface area contributed by atoms with Crippen LogP contribution >= 0.6 is 0 Å². The van der Waals surface area contributed by atoms with Gasteiger partial charge in [0, 0.05) is 31.4 Å². The Labute approximate surface area is 295 Å². The highest BCUT2D eigenvalue weighted by molar-refractivity contribution is 6.74. The van der Waals surface area contributed by atoms with E-state index < -0.39 is 38.1 Å². The van der Waals surface area contributed by atoms with Gasteiger partial charge in [-0.3, -0.25) is 20.1 Å². The lowest BCUT2D eigenvalue weighted by molar-refractivity contribution is 0.0277.